The van der Waals surface area contributed by atoms with Crippen molar-refractivity contribution in [2.75, 3.05) is 47.5 Å². The van der Waals surface area contributed by atoms with Crippen molar-refractivity contribution in [3.05, 3.63) is 60.8 Å². The molecule has 0 aliphatic heterocycles. The van der Waals surface area contributed by atoms with Gasteiger partial charge in [-0.25, -0.2) is 0 Å². The summed E-state index contributed by atoms with van der Waals surface area (Å²) in [6.07, 6.45) is 46.9. The molecule has 2 atom stereocenters. The van der Waals surface area contributed by atoms with E-state index in [-0.39, 0.29) is 38.6 Å². The molecule has 0 spiro atoms. The second kappa shape index (κ2) is 41.7. The number of carboxylic acids is 1. The van der Waals surface area contributed by atoms with Crippen molar-refractivity contribution >= 4 is 17.9 Å². The lowest BCUT2D eigenvalue weighted by Crippen LogP contribution is -2.44. The van der Waals surface area contributed by atoms with E-state index in [4.69, 9.17) is 18.9 Å². The molecule has 0 amide bonds. The fourth-order valence-corrected chi connectivity index (χ4v) is 6.11. The number of likely N-dealkylation sites (N-methyl/N-ethyl adjacent to an activating group) is 1. The number of unbranched alkanes of at least 4 members (excludes halogenated alkanes) is 17. The summed E-state index contributed by atoms with van der Waals surface area (Å²) in [5.41, 5.74) is 0. The first-order valence-electron chi connectivity index (χ1n) is 23.4. The number of carbonyl (C=O) groups is 3. The number of hydrogen-bond donors (Lipinski definition) is 0. The fourth-order valence-electron chi connectivity index (χ4n) is 6.11. The zero-order chi connectivity index (χ0) is 43.5. The number of esters is 2. The maximum absolute atomic E-state index is 12.7. The minimum atomic E-state index is -1.63. The Morgan fingerprint density at radius 1 is 0.525 bits per heavy atom. The average Bonchev–Trinajstić information content (AvgIpc) is 3.19. The number of quaternary nitrogens is 1. The summed E-state index contributed by atoms with van der Waals surface area (Å²) in [5.74, 6) is -2.34. The lowest BCUT2D eigenvalue weighted by atomic mass is 10.1. The van der Waals surface area contributed by atoms with Gasteiger partial charge in [0.15, 0.2) is 12.4 Å². The molecule has 0 fully saturated rings. The highest BCUT2D eigenvalue weighted by Crippen LogP contribution is 2.13. The Kier molecular flexibility index (Phi) is 39.6. The third-order valence-corrected chi connectivity index (χ3v) is 9.75. The SMILES string of the molecule is CC/C=C\C/C=C\C/C=C\CCCCCC(=O)OC(COC(=O)CCCCCCCCCCC/C=C\C/C=C\CCCCCCC)COC(OCC[N+](C)(C)C)C(=O)[O-]. The molecule has 340 valence electrons. The molecule has 0 aliphatic carbocycles. The first kappa shape index (κ1) is 56.0. The minimum absolute atomic E-state index is 0.139. The first-order valence-corrected chi connectivity index (χ1v) is 23.4. The Morgan fingerprint density at radius 3 is 1.46 bits per heavy atom. The Balaban J connectivity index is 4.39. The van der Waals surface area contributed by atoms with Crippen LogP contribution < -0.4 is 5.11 Å². The van der Waals surface area contributed by atoms with Crippen LogP contribution in [-0.2, 0) is 33.3 Å². The Labute approximate surface area is 361 Å². The summed E-state index contributed by atoms with van der Waals surface area (Å²) in [7, 11) is 5.89. The third kappa shape index (κ3) is 42.9. The number of allylic oxidation sites excluding steroid dienone is 10. The van der Waals surface area contributed by atoms with Crippen LogP contribution in [0.1, 0.15) is 181 Å². The summed E-state index contributed by atoms with van der Waals surface area (Å²) in [6, 6.07) is 0. The van der Waals surface area contributed by atoms with Crippen LogP contribution >= 0.6 is 0 Å². The standard InChI is InChI=1S/C50H87NO8/c1-6-8-10-12-14-16-18-20-21-22-23-24-25-26-27-29-30-32-34-36-38-40-47(52)57-44-46(45-58-50(49(54)55)56-43-42-51(3,4)5)59-48(53)41-39-37-35-33-31-28-19-17-15-13-11-9-7-2/h9,11,15,17-18,20,22-23,28,31,46,50H,6-8,10,12-14,16,19,21,24-27,29-30,32-45H2,1-5H3/b11-9-,17-15-,20-18-,23-22-,31-28-. The third-order valence-electron chi connectivity index (χ3n) is 9.75. The summed E-state index contributed by atoms with van der Waals surface area (Å²) in [6.45, 7) is 4.56. The summed E-state index contributed by atoms with van der Waals surface area (Å²) < 4.78 is 22.5. The predicted molar refractivity (Wildman–Crippen MR) is 242 cm³/mol. The quantitative estimate of drug-likeness (QED) is 0.0197. The second-order valence-electron chi connectivity index (χ2n) is 16.7. The lowest BCUT2D eigenvalue weighted by Gasteiger charge is -2.26. The second-order valence-corrected chi connectivity index (χ2v) is 16.7. The van der Waals surface area contributed by atoms with Gasteiger partial charge in [-0.05, 0) is 77.0 Å². The summed E-state index contributed by atoms with van der Waals surface area (Å²) in [5, 5.41) is 11.7. The van der Waals surface area contributed by atoms with E-state index in [9.17, 15) is 19.5 Å². The van der Waals surface area contributed by atoms with Crippen molar-refractivity contribution in [3.63, 3.8) is 0 Å². The maximum Gasteiger partial charge on any atom is 0.306 e. The number of ether oxygens (including phenoxy) is 4. The lowest BCUT2D eigenvalue weighted by molar-refractivity contribution is -0.870. The molecule has 0 aromatic heterocycles. The number of aliphatic carboxylic acids is 1. The topological polar surface area (TPSA) is 111 Å². The Morgan fingerprint density at radius 2 is 0.966 bits per heavy atom. The van der Waals surface area contributed by atoms with Crippen LogP contribution in [-0.4, -0.2) is 82.3 Å². The average molecular weight is 830 g/mol. The molecular weight excluding hydrogens is 743 g/mol. The van der Waals surface area contributed by atoms with Crippen LogP contribution in [0.15, 0.2) is 60.8 Å². The molecule has 59 heavy (non-hydrogen) atoms. The van der Waals surface area contributed by atoms with Crippen LogP contribution in [0, 0.1) is 0 Å². The van der Waals surface area contributed by atoms with E-state index < -0.39 is 24.3 Å². The largest absolute Gasteiger partial charge is 0.545 e. The van der Waals surface area contributed by atoms with Crippen molar-refractivity contribution in [1.82, 2.24) is 0 Å². The molecule has 9 heteroatoms. The van der Waals surface area contributed by atoms with Crippen LogP contribution in [0.4, 0.5) is 0 Å². The first-order chi connectivity index (χ1) is 28.6. The van der Waals surface area contributed by atoms with Crippen molar-refractivity contribution in [2.24, 2.45) is 0 Å². The highest BCUT2D eigenvalue weighted by molar-refractivity contribution is 5.70. The van der Waals surface area contributed by atoms with Gasteiger partial charge in [-0.1, -0.05) is 152 Å². The molecule has 0 rings (SSSR count). The van der Waals surface area contributed by atoms with Crippen molar-refractivity contribution < 1.29 is 42.9 Å². The molecule has 0 saturated carbocycles. The van der Waals surface area contributed by atoms with E-state index in [1.54, 1.807) is 0 Å². The normalized spacial score (nSPS) is 13.4. The van der Waals surface area contributed by atoms with E-state index in [1.807, 2.05) is 21.1 Å². The predicted octanol–water partition coefficient (Wildman–Crippen LogP) is 11.2. The minimum Gasteiger partial charge on any atom is -0.545 e. The van der Waals surface area contributed by atoms with Gasteiger partial charge in [0.2, 0.25) is 0 Å². The van der Waals surface area contributed by atoms with E-state index in [1.165, 1.54) is 70.6 Å². The zero-order valence-corrected chi connectivity index (χ0v) is 38.4. The molecule has 0 bridgehead atoms. The molecule has 0 N–H and O–H groups in total. The van der Waals surface area contributed by atoms with E-state index >= 15 is 0 Å². The highest BCUT2D eigenvalue weighted by Gasteiger charge is 2.21. The number of nitrogens with zero attached hydrogens (tertiary/aromatic N) is 1. The molecule has 0 aliphatic rings. The fraction of sp³-hybridized carbons (Fsp3) is 0.740. The van der Waals surface area contributed by atoms with Crippen molar-refractivity contribution in [2.45, 2.75) is 193 Å². The number of rotatable bonds is 42. The van der Waals surface area contributed by atoms with E-state index in [2.05, 4.69) is 74.6 Å². The Hall–Kier alpha value is -3.01. The molecule has 9 nitrogen and oxygen atoms in total. The molecule has 0 saturated heterocycles. The number of hydrogen-bond acceptors (Lipinski definition) is 8. The van der Waals surface area contributed by atoms with Gasteiger partial charge in [-0.3, -0.25) is 9.59 Å². The van der Waals surface area contributed by atoms with Crippen molar-refractivity contribution in [1.29, 1.82) is 0 Å². The molecule has 0 radical (unpaired) electrons. The zero-order valence-electron chi connectivity index (χ0n) is 38.4. The van der Waals surface area contributed by atoms with Crippen molar-refractivity contribution in [3.8, 4) is 0 Å². The molecule has 0 aromatic rings. The summed E-state index contributed by atoms with van der Waals surface area (Å²) >= 11 is 0. The smallest absolute Gasteiger partial charge is 0.306 e. The van der Waals surface area contributed by atoms with Gasteiger partial charge in [0.25, 0.3) is 0 Å². The van der Waals surface area contributed by atoms with E-state index in [0.29, 0.717) is 17.4 Å². The monoisotopic (exact) mass is 830 g/mol. The highest BCUT2D eigenvalue weighted by atomic mass is 16.7. The van der Waals surface area contributed by atoms with Gasteiger partial charge < -0.3 is 33.3 Å². The number of carbonyl (C=O) groups excluding carboxylic acids is 3. The van der Waals surface area contributed by atoms with Crippen LogP contribution in [0.3, 0.4) is 0 Å². The van der Waals surface area contributed by atoms with Gasteiger partial charge in [0.05, 0.1) is 40.3 Å². The molecule has 0 aromatic carbocycles. The van der Waals surface area contributed by atoms with Crippen LogP contribution in [0.2, 0.25) is 0 Å². The van der Waals surface area contributed by atoms with Gasteiger partial charge in [-0.15, -0.1) is 0 Å². The van der Waals surface area contributed by atoms with Gasteiger partial charge in [0.1, 0.15) is 13.2 Å². The van der Waals surface area contributed by atoms with Gasteiger partial charge >= 0.3 is 11.9 Å². The van der Waals surface area contributed by atoms with Gasteiger partial charge in [0, 0.05) is 12.8 Å². The van der Waals surface area contributed by atoms with Gasteiger partial charge in [-0.2, -0.15) is 0 Å². The van der Waals surface area contributed by atoms with Crippen LogP contribution in [0.5, 0.6) is 0 Å². The maximum atomic E-state index is 12.7. The number of carboxylic acid groups (broad SMARTS) is 1. The van der Waals surface area contributed by atoms with E-state index in [0.717, 1.165) is 77.0 Å². The van der Waals surface area contributed by atoms with Crippen LogP contribution in [0.25, 0.3) is 0 Å². The molecule has 0 heterocycles. The molecule has 2 unspecified atom stereocenters. The summed E-state index contributed by atoms with van der Waals surface area (Å²) in [4.78, 5) is 37.0. The Bertz CT molecular complexity index is 1150. The molecular formula is C50H87NO8.